The molecule has 1 aliphatic heterocycles. The van der Waals surface area contributed by atoms with Gasteiger partial charge >= 0.3 is 12.1 Å². The highest BCUT2D eigenvalue weighted by molar-refractivity contribution is 5.84. The Labute approximate surface area is 244 Å². The van der Waals surface area contributed by atoms with E-state index in [4.69, 9.17) is 14.2 Å². The van der Waals surface area contributed by atoms with Gasteiger partial charge in [0.25, 0.3) is 0 Å². The SMILES string of the molecule is C[C@@H](CC(=O)NC1c2ccccc2Oc2ccccc21)[C@H](NC(=O)OCc1ccccc1)C(=O)OCc1ccccc1. The molecule has 0 aromatic heterocycles. The number of carbonyl (C=O) groups is 3. The van der Waals surface area contributed by atoms with E-state index in [1.54, 1.807) is 6.92 Å². The van der Waals surface area contributed by atoms with E-state index in [0.29, 0.717) is 11.5 Å². The van der Waals surface area contributed by atoms with Gasteiger partial charge in [0.05, 0.1) is 6.04 Å². The van der Waals surface area contributed by atoms with Crippen LogP contribution in [0.5, 0.6) is 11.5 Å². The Balaban J connectivity index is 1.27. The molecule has 0 saturated carbocycles. The number of amides is 2. The van der Waals surface area contributed by atoms with Crippen molar-refractivity contribution in [3.05, 3.63) is 131 Å². The predicted octanol–water partition coefficient (Wildman–Crippen LogP) is 6.06. The number of hydrogen-bond donors (Lipinski definition) is 2. The number of benzene rings is 4. The maximum atomic E-state index is 13.4. The first-order valence-electron chi connectivity index (χ1n) is 13.8. The van der Waals surface area contributed by atoms with Crippen molar-refractivity contribution in [2.45, 2.75) is 38.6 Å². The zero-order valence-electron chi connectivity index (χ0n) is 23.2. The van der Waals surface area contributed by atoms with Gasteiger partial charge in [-0.2, -0.15) is 0 Å². The van der Waals surface area contributed by atoms with E-state index in [1.165, 1.54) is 0 Å². The number of alkyl carbamates (subject to hydrolysis) is 1. The Morgan fingerprint density at radius 2 is 1.21 bits per heavy atom. The first-order valence-corrected chi connectivity index (χ1v) is 13.8. The zero-order valence-corrected chi connectivity index (χ0v) is 23.2. The van der Waals surface area contributed by atoms with Crippen LogP contribution >= 0.6 is 0 Å². The van der Waals surface area contributed by atoms with Crippen molar-refractivity contribution in [1.82, 2.24) is 10.6 Å². The van der Waals surface area contributed by atoms with Gasteiger partial charge in [-0.1, -0.05) is 104 Å². The standard InChI is InChI=1S/C34H32N2O6/c1-23(20-30(37)35-32-26-16-8-10-18-28(26)42-29-19-11-9-17-27(29)32)31(33(38)40-21-24-12-4-2-5-13-24)36-34(39)41-22-25-14-6-3-7-15-25/h2-19,23,31-32H,20-22H2,1H3,(H,35,37)(H,36,39)/t23-,31-/m0/s1. The lowest BCUT2D eigenvalue weighted by molar-refractivity contribution is -0.149. The van der Waals surface area contributed by atoms with Crippen LogP contribution in [0.15, 0.2) is 109 Å². The summed E-state index contributed by atoms with van der Waals surface area (Å²) in [5, 5.41) is 5.73. The average molecular weight is 565 g/mol. The van der Waals surface area contributed by atoms with Gasteiger partial charge in [0.2, 0.25) is 5.91 Å². The molecule has 0 saturated heterocycles. The van der Waals surface area contributed by atoms with Crippen molar-refractivity contribution in [1.29, 1.82) is 0 Å². The molecular weight excluding hydrogens is 532 g/mol. The van der Waals surface area contributed by atoms with E-state index in [-0.39, 0.29) is 25.5 Å². The number of para-hydroxylation sites is 2. The van der Waals surface area contributed by atoms with Crippen LogP contribution in [0.2, 0.25) is 0 Å². The van der Waals surface area contributed by atoms with Gasteiger partial charge in [0, 0.05) is 17.5 Å². The lowest BCUT2D eigenvalue weighted by atomic mass is 9.93. The van der Waals surface area contributed by atoms with Gasteiger partial charge in [-0.05, 0) is 29.2 Å². The summed E-state index contributed by atoms with van der Waals surface area (Å²) >= 11 is 0. The number of carbonyl (C=O) groups excluding carboxylic acids is 3. The summed E-state index contributed by atoms with van der Waals surface area (Å²) in [6.07, 6.45) is -0.828. The number of fused-ring (bicyclic) bond motifs is 2. The smallest absolute Gasteiger partial charge is 0.408 e. The Morgan fingerprint density at radius 1 is 0.714 bits per heavy atom. The first kappa shape index (κ1) is 28.4. The minimum atomic E-state index is -1.11. The zero-order chi connectivity index (χ0) is 29.3. The summed E-state index contributed by atoms with van der Waals surface area (Å²) in [6.45, 7) is 1.79. The maximum Gasteiger partial charge on any atom is 0.408 e. The van der Waals surface area contributed by atoms with E-state index >= 15 is 0 Å². The highest BCUT2D eigenvalue weighted by Crippen LogP contribution is 2.42. The highest BCUT2D eigenvalue weighted by atomic mass is 16.6. The molecule has 0 unspecified atom stereocenters. The third kappa shape index (κ3) is 7.14. The Hall–Kier alpha value is -5.11. The summed E-state index contributed by atoms with van der Waals surface area (Å²) in [4.78, 5) is 39.4. The van der Waals surface area contributed by atoms with E-state index in [2.05, 4.69) is 10.6 Å². The van der Waals surface area contributed by atoms with Crippen molar-refractivity contribution in [3.63, 3.8) is 0 Å². The van der Waals surface area contributed by atoms with E-state index in [0.717, 1.165) is 22.3 Å². The van der Waals surface area contributed by atoms with Crippen LogP contribution in [0.3, 0.4) is 0 Å². The average Bonchev–Trinajstić information content (AvgIpc) is 3.02. The molecule has 42 heavy (non-hydrogen) atoms. The molecule has 214 valence electrons. The second-order valence-electron chi connectivity index (χ2n) is 10.1. The van der Waals surface area contributed by atoms with Crippen LogP contribution in [0.4, 0.5) is 4.79 Å². The summed E-state index contributed by atoms with van der Waals surface area (Å²) in [7, 11) is 0. The van der Waals surface area contributed by atoms with Gasteiger partial charge in [0.1, 0.15) is 30.8 Å². The molecule has 0 radical (unpaired) electrons. The summed E-state index contributed by atoms with van der Waals surface area (Å²) in [5.74, 6) is -0.223. The molecule has 8 heteroatoms. The monoisotopic (exact) mass is 564 g/mol. The van der Waals surface area contributed by atoms with Gasteiger partial charge < -0.3 is 24.8 Å². The number of esters is 1. The molecule has 0 bridgehead atoms. The number of ether oxygens (including phenoxy) is 3. The Bertz CT molecular complexity index is 1480. The molecule has 2 amide bonds. The molecule has 2 N–H and O–H groups in total. The number of nitrogens with one attached hydrogen (secondary N) is 2. The van der Waals surface area contributed by atoms with Crippen LogP contribution in [-0.2, 0) is 32.3 Å². The lowest BCUT2D eigenvalue weighted by Crippen LogP contribution is -2.47. The summed E-state index contributed by atoms with van der Waals surface area (Å²) in [6, 6.07) is 32.0. The molecule has 2 atom stereocenters. The van der Waals surface area contributed by atoms with Crippen LogP contribution in [0.25, 0.3) is 0 Å². The van der Waals surface area contributed by atoms with Gasteiger partial charge in [-0.15, -0.1) is 0 Å². The predicted molar refractivity (Wildman–Crippen MR) is 157 cm³/mol. The number of hydrogen-bond acceptors (Lipinski definition) is 6. The fraction of sp³-hybridized carbons (Fsp3) is 0.206. The largest absolute Gasteiger partial charge is 0.459 e. The van der Waals surface area contributed by atoms with Crippen LogP contribution < -0.4 is 15.4 Å². The van der Waals surface area contributed by atoms with Gasteiger partial charge in [-0.3, -0.25) is 4.79 Å². The van der Waals surface area contributed by atoms with Crippen molar-refractivity contribution >= 4 is 18.0 Å². The topological polar surface area (TPSA) is 103 Å². The molecular formula is C34H32N2O6. The molecule has 1 aliphatic rings. The highest BCUT2D eigenvalue weighted by Gasteiger charge is 2.33. The summed E-state index contributed by atoms with van der Waals surface area (Å²) < 4.78 is 16.9. The molecule has 0 aliphatic carbocycles. The summed E-state index contributed by atoms with van der Waals surface area (Å²) in [5.41, 5.74) is 3.27. The van der Waals surface area contributed by atoms with E-state index < -0.39 is 30.1 Å². The third-order valence-corrected chi connectivity index (χ3v) is 7.03. The Kier molecular flexibility index (Phi) is 9.13. The molecule has 5 rings (SSSR count). The van der Waals surface area contributed by atoms with Gasteiger partial charge in [0.15, 0.2) is 0 Å². The third-order valence-electron chi connectivity index (χ3n) is 7.03. The van der Waals surface area contributed by atoms with Crippen molar-refractivity contribution in [3.8, 4) is 11.5 Å². The van der Waals surface area contributed by atoms with Crippen molar-refractivity contribution in [2.24, 2.45) is 5.92 Å². The van der Waals surface area contributed by atoms with Crippen LogP contribution in [0, 0.1) is 5.92 Å². The van der Waals surface area contributed by atoms with E-state index in [1.807, 2.05) is 109 Å². The van der Waals surface area contributed by atoms with Crippen LogP contribution in [0.1, 0.15) is 41.6 Å². The fourth-order valence-corrected chi connectivity index (χ4v) is 4.84. The molecule has 4 aromatic carbocycles. The van der Waals surface area contributed by atoms with Crippen molar-refractivity contribution < 1.29 is 28.6 Å². The fourth-order valence-electron chi connectivity index (χ4n) is 4.84. The van der Waals surface area contributed by atoms with Gasteiger partial charge in [-0.25, -0.2) is 9.59 Å². The number of rotatable bonds is 10. The molecule has 0 fully saturated rings. The molecule has 0 spiro atoms. The minimum absolute atomic E-state index is 0.0332. The van der Waals surface area contributed by atoms with E-state index in [9.17, 15) is 14.4 Å². The molecule has 4 aromatic rings. The molecule has 8 nitrogen and oxygen atoms in total. The normalized spacial score (nSPS) is 13.4. The first-order chi connectivity index (χ1) is 20.5. The minimum Gasteiger partial charge on any atom is -0.459 e. The Morgan fingerprint density at radius 3 is 1.79 bits per heavy atom. The maximum absolute atomic E-state index is 13.4. The second-order valence-corrected chi connectivity index (χ2v) is 10.1. The quantitative estimate of drug-likeness (QED) is 0.227. The van der Waals surface area contributed by atoms with Crippen LogP contribution in [-0.4, -0.2) is 24.0 Å². The molecule has 1 heterocycles. The van der Waals surface area contributed by atoms with Crippen molar-refractivity contribution in [2.75, 3.05) is 0 Å². The lowest BCUT2D eigenvalue weighted by Gasteiger charge is -2.29. The second kappa shape index (κ2) is 13.5.